The molecule has 0 amide bonds. The molecule has 132 valence electrons. The van der Waals surface area contributed by atoms with Crippen LogP contribution >= 0.6 is 35.6 Å². The van der Waals surface area contributed by atoms with Crippen LogP contribution in [0.3, 0.4) is 0 Å². The highest BCUT2D eigenvalue weighted by atomic mass is 127. The molecule has 0 fully saturated rings. The smallest absolute Gasteiger partial charge is 0.191 e. The van der Waals surface area contributed by atoms with Gasteiger partial charge in [-0.1, -0.05) is 17.7 Å². The van der Waals surface area contributed by atoms with E-state index in [1.165, 1.54) is 0 Å². The van der Waals surface area contributed by atoms with Crippen molar-refractivity contribution in [3.63, 3.8) is 0 Å². The zero-order valence-electron chi connectivity index (χ0n) is 14.0. The van der Waals surface area contributed by atoms with E-state index in [9.17, 15) is 0 Å². The molecular formula is C17H24ClIN4O. The van der Waals surface area contributed by atoms with Gasteiger partial charge in [-0.25, -0.2) is 0 Å². The summed E-state index contributed by atoms with van der Waals surface area (Å²) in [6.07, 6.45) is 4.08. The summed E-state index contributed by atoms with van der Waals surface area (Å²) >= 11 is 6.02. The van der Waals surface area contributed by atoms with Crippen molar-refractivity contribution < 1.29 is 4.74 Å². The molecule has 0 aliphatic heterocycles. The Balaban J connectivity index is 0.00000288. The van der Waals surface area contributed by atoms with Gasteiger partial charge in [-0.15, -0.1) is 24.0 Å². The standard InChI is InChI=1S/C17H23ClN4O.HI/c1-3-23-16-12-15(18)7-6-14(16)13-21-17(19-2)20-8-11-22-9-4-5-10-22;/h4-7,9-10,12H,3,8,11,13H2,1-2H3,(H2,19,20,21);1H. The number of nitrogens with zero attached hydrogens (tertiary/aromatic N) is 2. The summed E-state index contributed by atoms with van der Waals surface area (Å²) < 4.78 is 7.74. The highest BCUT2D eigenvalue weighted by Crippen LogP contribution is 2.23. The molecule has 0 bridgehead atoms. The minimum atomic E-state index is 0. The van der Waals surface area contributed by atoms with Crippen molar-refractivity contribution in [1.29, 1.82) is 0 Å². The quantitative estimate of drug-likeness (QED) is 0.376. The third-order valence-corrected chi connectivity index (χ3v) is 3.56. The van der Waals surface area contributed by atoms with Crippen molar-refractivity contribution in [1.82, 2.24) is 15.2 Å². The average molecular weight is 463 g/mol. The maximum atomic E-state index is 6.02. The average Bonchev–Trinajstić information content (AvgIpc) is 3.06. The van der Waals surface area contributed by atoms with E-state index in [4.69, 9.17) is 16.3 Å². The van der Waals surface area contributed by atoms with Gasteiger partial charge >= 0.3 is 0 Å². The number of rotatable bonds is 7. The molecule has 0 unspecified atom stereocenters. The molecule has 0 atom stereocenters. The molecular weight excluding hydrogens is 439 g/mol. The Kier molecular flexibility index (Phi) is 9.63. The predicted octanol–water partition coefficient (Wildman–Crippen LogP) is 3.52. The number of ether oxygens (including phenoxy) is 1. The third-order valence-electron chi connectivity index (χ3n) is 3.33. The van der Waals surface area contributed by atoms with Crippen molar-refractivity contribution >= 4 is 41.5 Å². The first-order valence-corrected chi connectivity index (χ1v) is 8.07. The van der Waals surface area contributed by atoms with E-state index in [1.54, 1.807) is 7.05 Å². The first kappa shape index (κ1) is 20.6. The summed E-state index contributed by atoms with van der Waals surface area (Å²) in [6.45, 7) is 4.87. The van der Waals surface area contributed by atoms with Gasteiger partial charge < -0.3 is 19.9 Å². The Bertz CT molecular complexity index is 632. The molecule has 2 rings (SSSR count). The van der Waals surface area contributed by atoms with Crippen LogP contribution in [0, 0.1) is 0 Å². The zero-order valence-corrected chi connectivity index (χ0v) is 17.0. The molecule has 2 N–H and O–H groups in total. The van der Waals surface area contributed by atoms with E-state index in [0.29, 0.717) is 18.2 Å². The molecule has 0 radical (unpaired) electrons. The maximum Gasteiger partial charge on any atom is 0.191 e. The first-order chi connectivity index (χ1) is 11.2. The molecule has 1 aromatic heterocycles. The van der Waals surface area contributed by atoms with Crippen molar-refractivity contribution in [2.45, 2.75) is 20.0 Å². The lowest BCUT2D eigenvalue weighted by Crippen LogP contribution is -2.38. The highest BCUT2D eigenvalue weighted by molar-refractivity contribution is 14.0. The van der Waals surface area contributed by atoms with Crippen LogP contribution in [0.15, 0.2) is 47.7 Å². The van der Waals surface area contributed by atoms with Crippen LogP contribution < -0.4 is 15.4 Å². The van der Waals surface area contributed by atoms with Crippen LogP contribution in [-0.2, 0) is 13.1 Å². The molecule has 24 heavy (non-hydrogen) atoms. The normalized spacial score (nSPS) is 10.9. The summed E-state index contributed by atoms with van der Waals surface area (Å²) in [5, 5.41) is 7.26. The predicted molar refractivity (Wildman–Crippen MR) is 111 cm³/mol. The van der Waals surface area contributed by atoms with E-state index in [0.717, 1.165) is 30.4 Å². The minimum Gasteiger partial charge on any atom is -0.493 e. The third kappa shape index (κ3) is 6.60. The highest BCUT2D eigenvalue weighted by Gasteiger charge is 2.06. The number of guanidine groups is 1. The number of nitrogens with one attached hydrogen (secondary N) is 2. The number of hydrogen-bond donors (Lipinski definition) is 2. The van der Waals surface area contributed by atoms with E-state index in [1.807, 2.05) is 49.6 Å². The Labute approximate surface area is 165 Å². The van der Waals surface area contributed by atoms with Crippen LogP contribution in [0.25, 0.3) is 0 Å². The second kappa shape index (κ2) is 11.2. The lowest BCUT2D eigenvalue weighted by molar-refractivity contribution is 0.336. The Hall–Kier alpha value is -1.41. The first-order valence-electron chi connectivity index (χ1n) is 7.69. The Morgan fingerprint density at radius 2 is 2.00 bits per heavy atom. The lowest BCUT2D eigenvalue weighted by Gasteiger charge is -2.15. The fourth-order valence-electron chi connectivity index (χ4n) is 2.19. The molecule has 0 spiro atoms. The molecule has 0 aliphatic rings. The zero-order chi connectivity index (χ0) is 16.5. The number of benzene rings is 1. The summed E-state index contributed by atoms with van der Waals surface area (Å²) in [7, 11) is 1.76. The van der Waals surface area contributed by atoms with Gasteiger partial charge in [-0.05, 0) is 31.2 Å². The number of hydrogen-bond acceptors (Lipinski definition) is 2. The van der Waals surface area contributed by atoms with Crippen LogP contribution in [0.1, 0.15) is 12.5 Å². The molecule has 7 heteroatoms. The largest absolute Gasteiger partial charge is 0.493 e. The van der Waals surface area contributed by atoms with Gasteiger partial charge in [0.2, 0.25) is 0 Å². The topological polar surface area (TPSA) is 50.6 Å². The summed E-state index contributed by atoms with van der Waals surface area (Å²) in [5.41, 5.74) is 1.05. The lowest BCUT2D eigenvalue weighted by atomic mass is 10.2. The van der Waals surface area contributed by atoms with E-state index in [2.05, 4.69) is 20.2 Å². The SMILES string of the molecule is CCOc1cc(Cl)ccc1CNC(=NC)NCCn1cccc1.I. The van der Waals surface area contributed by atoms with Gasteiger partial charge in [0.25, 0.3) is 0 Å². The summed E-state index contributed by atoms with van der Waals surface area (Å²) in [5.74, 6) is 1.56. The van der Waals surface area contributed by atoms with E-state index in [-0.39, 0.29) is 24.0 Å². The van der Waals surface area contributed by atoms with E-state index >= 15 is 0 Å². The molecule has 0 saturated carbocycles. The minimum absolute atomic E-state index is 0. The number of aromatic nitrogens is 1. The molecule has 0 aliphatic carbocycles. The number of aliphatic imine (C=N–C) groups is 1. The monoisotopic (exact) mass is 462 g/mol. The molecule has 1 heterocycles. The fraction of sp³-hybridized carbons (Fsp3) is 0.353. The van der Waals surface area contributed by atoms with Gasteiger partial charge in [0.15, 0.2) is 5.96 Å². The second-order valence-electron chi connectivity index (χ2n) is 4.96. The van der Waals surface area contributed by atoms with E-state index < -0.39 is 0 Å². The van der Waals surface area contributed by atoms with Gasteiger partial charge in [0.05, 0.1) is 6.61 Å². The Morgan fingerprint density at radius 1 is 1.25 bits per heavy atom. The molecule has 0 saturated heterocycles. The number of halogens is 2. The Morgan fingerprint density at radius 3 is 2.67 bits per heavy atom. The van der Waals surface area contributed by atoms with Crippen LogP contribution in [0.5, 0.6) is 5.75 Å². The van der Waals surface area contributed by atoms with Gasteiger partial charge in [-0.3, -0.25) is 4.99 Å². The molecule has 5 nitrogen and oxygen atoms in total. The summed E-state index contributed by atoms with van der Waals surface area (Å²) in [4.78, 5) is 4.23. The van der Waals surface area contributed by atoms with Crippen LogP contribution in [0.2, 0.25) is 5.02 Å². The van der Waals surface area contributed by atoms with Crippen molar-refractivity contribution in [3.05, 3.63) is 53.3 Å². The molecule has 2 aromatic rings. The van der Waals surface area contributed by atoms with Gasteiger partial charge in [-0.2, -0.15) is 0 Å². The van der Waals surface area contributed by atoms with Crippen LogP contribution in [0.4, 0.5) is 0 Å². The van der Waals surface area contributed by atoms with Crippen molar-refractivity contribution in [2.75, 3.05) is 20.2 Å². The summed E-state index contributed by atoms with van der Waals surface area (Å²) in [6, 6.07) is 9.70. The maximum absolute atomic E-state index is 6.02. The van der Waals surface area contributed by atoms with Crippen molar-refractivity contribution in [2.24, 2.45) is 4.99 Å². The van der Waals surface area contributed by atoms with Gasteiger partial charge in [0, 0.05) is 49.7 Å². The van der Waals surface area contributed by atoms with Gasteiger partial charge in [0.1, 0.15) is 5.75 Å². The second-order valence-corrected chi connectivity index (χ2v) is 5.39. The fourth-order valence-corrected chi connectivity index (χ4v) is 2.35. The molecule has 1 aromatic carbocycles. The van der Waals surface area contributed by atoms with Crippen molar-refractivity contribution in [3.8, 4) is 5.75 Å². The van der Waals surface area contributed by atoms with Crippen LogP contribution in [-0.4, -0.2) is 30.7 Å².